The fraction of sp³-hybridized carbons (Fsp3) is 0.625. The Kier molecular flexibility index (Phi) is 9.72. The van der Waals surface area contributed by atoms with E-state index in [0.717, 1.165) is 31.9 Å². The summed E-state index contributed by atoms with van der Waals surface area (Å²) in [4.78, 5) is 0. The summed E-state index contributed by atoms with van der Waals surface area (Å²) in [6, 6.07) is 4.29. The highest BCUT2D eigenvalue weighted by Gasteiger charge is 2.05. The normalized spacial score (nSPS) is 10.1. The Morgan fingerprint density at radius 2 is 1.63 bits per heavy atom. The highest BCUT2D eigenvalue weighted by atomic mass is 35.5. The number of unbranched alkanes of at least 4 members (excludes halogenated alkanes) is 1. The summed E-state index contributed by atoms with van der Waals surface area (Å²) < 4.78 is 5.91. The second kappa shape index (κ2) is 10.1. The van der Waals surface area contributed by atoms with Crippen LogP contribution in [0.25, 0.3) is 0 Å². The first-order chi connectivity index (χ1) is 8.66. The van der Waals surface area contributed by atoms with Gasteiger partial charge in [0.25, 0.3) is 0 Å². The van der Waals surface area contributed by atoms with Crippen molar-refractivity contribution in [2.45, 2.75) is 47.0 Å². The second-order valence-corrected chi connectivity index (χ2v) is 4.96. The Morgan fingerprint density at radius 3 is 2.32 bits per heavy atom. The Morgan fingerprint density at radius 1 is 1.00 bits per heavy atom. The molecule has 0 amide bonds. The van der Waals surface area contributed by atoms with E-state index >= 15 is 0 Å². The van der Waals surface area contributed by atoms with Crippen molar-refractivity contribution in [3.63, 3.8) is 0 Å². The molecule has 1 N–H and O–H groups in total. The average Bonchev–Trinajstić information content (AvgIpc) is 2.36. The van der Waals surface area contributed by atoms with Crippen molar-refractivity contribution in [3.05, 3.63) is 28.8 Å². The molecule has 19 heavy (non-hydrogen) atoms. The lowest BCUT2D eigenvalue weighted by atomic mass is 10.1. The minimum atomic E-state index is 0. The number of aryl methyl sites for hydroxylation is 2. The molecule has 0 radical (unpaired) electrons. The third-order valence-corrected chi connectivity index (χ3v) is 3.32. The van der Waals surface area contributed by atoms with Crippen LogP contribution in [-0.2, 0) is 0 Å². The number of halogens is 1. The Bertz CT molecular complexity index is 366. The van der Waals surface area contributed by atoms with E-state index in [0.29, 0.717) is 0 Å². The second-order valence-electron chi connectivity index (χ2n) is 4.96. The van der Waals surface area contributed by atoms with E-state index < -0.39 is 0 Å². The summed E-state index contributed by atoms with van der Waals surface area (Å²) in [5, 5.41) is 3.43. The summed E-state index contributed by atoms with van der Waals surface area (Å²) >= 11 is 0. The van der Waals surface area contributed by atoms with Crippen LogP contribution in [0, 0.1) is 20.8 Å². The lowest BCUT2D eigenvalue weighted by Crippen LogP contribution is -2.18. The van der Waals surface area contributed by atoms with Gasteiger partial charge in [-0.1, -0.05) is 25.5 Å². The topological polar surface area (TPSA) is 21.3 Å². The van der Waals surface area contributed by atoms with E-state index in [1.165, 1.54) is 29.5 Å². The molecule has 0 saturated heterocycles. The molecule has 0 aromatic heterocycles. The molecule has 0 saturated carbocycles. The van der Waals surface area contributed by atoms with E-state index in [1.807, 2.05) is 0 Å². The number of hydrogen-bond acceptors (Lipinski definition) is 2. The standard InChI is InChI=1S/C16H27NO.ClH/c1-5-6-10-17-11-7-12-18-16-14(3)9-8-13(2)15(16)4;/h8-9,17H,5-7,10-12H2,1-4H3;1H. The third-order valence-electron chi connectivity index (χ3n) is 3.32. The van der Waals surface area contributed by atoms with Crippen LogP contribution in [0.15, 0.2) is 12.1 Å². The predicted molar refractivity (Wildman–Crippen MR) is 85.8 cm³/mol. The highest BCUT2D eigenvalue weighted by molar-refractivity contribution is 5.85. The van der Waals surface area contributed by atoms with Gasteiger partial charge in [-0.15, -0.1) is 12.4 Å². The van der Waals surface area contributed by atoms with E-state index in [9.17, 15) is 0 Å². The first-order valence-corrected chi connectivity index (χ1v) is 7.07. The maximum atomic E-state index is 5.91. The van der Waals surface area contributed by atoms with E-state index in [4.69, 9.17) is 4.74 Å². The van der Waals surface area contributed by atoms with Crippen LogP contribution in [0.5, 0.6) is 5.75 Å². The number of hydrogen-bond donors (Lipinski definition) is 1. The minimum Gasteiger partial charge on any atom is -0.493 e. The quantitative estimate of drug-likeness (QED) is 0.723. The number of ether oxygens (including phenoxy) is 1. The smallest absolute Gasteiger partial charge is 0.125 e. The van der Waals surface area contributed by atoms with Crippen molar-refractivity contribution in [3.8, 4) is 5.75 Å². The molecular weight excluding hydrogens is 258 g/mol. The van der Waals surface area contributed by atoms with Crippen molar-refractivity contribution >= 4 is 12.4 Å². The molecule has 0 spiro atoms. The number of benzene rings is 1. The van der Waals surface area contributed by atoms with Gasteiger partial charge in [-0.2, -0.15) is 0 Å². The van der Waals surface area contributed by atoms with Crippen LogP contribution in [0.2, 0.25) is 0 Å². The van der Waals surface area contributed by atoms with Crippen LogP contribution < -0.4 is 10.1 Å². The van der Waals surface area contributed by atoms with Gasteiger partial charge in [0.15, 0.2) is 0 Å². The first kappa shape index (κ1) is 18.3. The molecule has 1 rings (SSSR count). The van der Waals surface area contributed by atoms with Gasteiger partial charge in [0.05, 0.1) is 6.61 Å². The largest absolute Gasteiger partial charge is 0.493 e. The first-order valence-electron chi connectivity index (χ1n) is 7.07. The molecule has 110 valence electrons. The van der Waals surface area contributed by atoms with Gasteiger partial charge in [0.2, 0.25) is 0 Å². The summed E-state index contributed by atoms with van der Waals surface area (Å²) in [5.41, 5.74) is 3.81. The lowest BCUT2D eigenvalue weighted by molar-refractivity contribution is 0.304. The molecular formula is C16H28ClNO. The van der Waals surface area contributed by atoms with Crippen molar-refractivity contribution < 1.29 is 4.74 Å². The SMILES string of the molecule is CCCCNCCCOc1c(C)ccc(C)c1C.Cl. The van der Waals surface area contributed by atoms with Gasteiger partial charge in [0, 0.05) is 0 Å². The number of rotatable bonds is 8. The molecule has 0 atom stereocenters. The predicted octanol–water partition coefficient (Wildman–Crippen LogP) is 4.19. The van der Waals surface area contributed by atoms with Gasteiger partial charge in [-0.05, 0) is 63.4 Å². The van der Waals surface area contributed by atoms with Crippen LogP contribution in [-0.4, -0.2) is 19.7 Å². The molecule has 1 aromatic rings. The van der Waals surface area contributed by atoms with Crippen LogP contribution >= 0.6 is 12.4 Å². The molecule has 2 nitrogen and oxygen atoms in total. The summed E-state index contributed by atoms with van der Waals surface area (Å²) in [6.45, 7) is 11.6. The van der Waals surface area contributed by atoms with E-state index in [-0.39, 0.29) is 12.4 Å². The molecule has 0 aliphatic heterocycles. The zero-order valence-corrected chi connectivity index (χ0v) is 13.5. The van der Waals surface area contributed by atoms with Gasteiger partial charge in [0.1, 0.15) is 5.75 Å². The Labute approximate surface area is 124 Å². The maximum absolute atomic E-state index is 5.91. The van der Waals surface area contributed by atoms with E-state index in [1.54, 1.807) is 0 Å². The fourth-order valence-corrected chi connectivity index (χ4v) is 1.95. The average molecular weight is 286 g/mol. The van der Waals surface area contributed by atoms with Crippen LogP contribution in [0.3, 0.4) is 0 Å². The van der Waals surface area contributed by atoms with Gasteiger partial charge < -0.3 is 10.1 Å². The van der Waals surface area contributed by atoms with Gasteiger partial charge >= 0.3 is 0 Å². The summed E-state index contributed by atoms with van der Waals surface area (Å²) in [7, 11) is 0. The van der Waals surface area contributed by atoms with Crippen molar-refractivity contribution in [1.29, 1.82) is 0 Å². The summed E-state index contributed by atoms with van der Waals surface area (Å²) in [6.07, 6.45) is 3.58. The summed E-state index contributed by atoms with van der Waals surface area (Å²) in [5.74, 6) is 1.07. The van der Waals surface area contributed by atoms with Crippen LogP contribution in [0.1, 0.15) is 42.9 Å². The molecule has 0 unspecified atom stereocenters. The van der Waals surface area contributed by atoms with E-state index in [2.05, 4.69) is 45.1 Å². The zero-order chi connectivity index (χ0) is 13.4. The highest BCUT2D eigenvalue weighted by Crippen LogP contribution is 2.25. The Balaban J connectivity index is 0.00000324. The van der Waals surface area contributed by atoms with Crippen molar-refractivity contribution in [1.82, 2.24) is 5.32 Å². The zero-order valence-electron chi connectivity index (χ0n) is 12.7. The number of nitrogens with one attached hydrogen (secondary N) is 1. The Hall–Kier alpha value is -0.730. The molecule has 0 bridgehead atoms. The van der Waals surface area contributed by atoms with Gasteiger partial charge in [-0.25, -0.2) is 0 Å². The van der Waals surface area contributed by atoms with Gasteiger partial charge in [-0.3, -0.25) is 0 Å². The molecule has 0 aliphatic rings. The molecule has 1 aromatic carbocycles. The molecule has 0 heterocycles. The maximum Gasteiger partial charge on any atom is 0.125 e. The minimum absolute atomic E-state index is 0. The third kappa shape index (κ3) is 6.31. The lowest BCUT2D eigenvalue weighted by Gasteiger charge is -2.14. The van der Waals surface area contributed by atoms with Crippen molar-refractivity contribution in [2.75, 3.05) is 19.7 Å². The van der Waals surface area contributed by atoms with Crippen molar-refractivity contribution in [2.24, 2.45) is 0 Å². The molecule has 0 fully saturated rings. The monoisotopic (exact) mass is 285 g/mol. The molecule has 0 aliphatic carbocycles. The fourth-order valence-electron chi connectivity index (χ4n) is 1.95. The molecule has 3 heteroatoms. The van der Waals surface area contributed by atoms with Crippen LogP contribution in [0.4, 0.5) is 0 Å².